The van der Waals surface area contributed by atoms with Crippen LogP contribution in [0.5, 0.6) is 0 Å². The van der Waals surface area contributed by atoms with Gasteiger partial charge < -0.3 is 24.7 Å². The maximum absolute atomic E-state index is 13.0. The molecule has 5 unspecified atom stereocenters. The van der Waals surface area contributed by atoms with Gasteiger partial charge in [-0.05, 0) is 25.2 Å². The molecule has 0 bridgehead atoms. The summed E-state index contributed by atoms with van der Waals surface area (Å²) in [6.07, 6.45) is -3.81. The molecule has 16 nitrogen and oxygen atoms in total. The van der Waals surface area contributed by atoms with Crippen LogP contribution in [0.2, 0.25) is 0 Å². The van der Waals surface area contributed by atoms with E-state index in [4.69, 9.17) is 4.74 Å². The first kappa shape index (κ1) is 30.5. The van der Waals surface area contributed by atoms with Crippen molar-refractivity contribution in [3.05, 3.63) is 63.2 Å². The van der Waals surface area contributed by atoms with Crippen LogP contribution < -0.4 is 11.2 Å². The Hall–Kier alpha value is -2.07. The maximum Gasteiger partial charge on any atom is 0.482 e. The molecule has 3 rings (SSSR count). The minimum Gasteiger partial charge on any atom is -0.387 e. The Balaban J connectivity index is 1.68. The molecular formula is C20H30N4O12P2. The standard InChI is InChI=1S/C20H30N4O12P2/c1-3-22(4-2)13-34-38(31,32)36-37(29,30)33-12-15-17(26)18(27)19(35-15)23-10-8-16(25)24(20(23)28)11-14-7-5-6-9-21-14/h5-10,15,17-19,26-27H,3-4,11-13H2,1-2H3,(H,29,30)(H,31,32)/t15?,17?,18-,19?/m0/s1. The van der Waals surface area contributed by atoms with Crippen LogP contribution in [0.4, 0.5) is 0 Å². The quantitative estimate of drug-likeness (QED) is 0.176. The van der Waals surface area contributed by atoms with Crippen LogP contribution in [0, 0.1) is 0 Å². The highest BCUT2D eigenvalue weighted by Gasteiger charge is 2.46. The summed E-state index contributed by atoms with van der Waals surface area (Å²) in [7, 11) is -10.2. The molecule has 1 saturated heterocycles. The fraction of sp³-hybridized carbons (Fsp3) is 0.550. The molecule has 0 amide bonds. The van der Waals surface area contributed by atoms with Crippen molar-refractivity contribution in [2.75, 3.05) is 26.4 Å². The first-order valence-corrected chi connectivity index (χ1v) is 14.5. The van der Waals surface area contributed by atoms with Crippen molar-refractivity contribution in [3.8, 4) is 0 Å². The zero-order valence-electron chi connectivity index (χ0n) is 20.5. The molecule has 0 saturated carbocycles. The summed E-state index contributed by atoms with van der Waals surface area (Å²) in [4.78, 5) is 50.5. The lowest BCUT2D eigenvalue weighted by atomic mass is 10.1. The van der Waals surface area contributed by atoms with Crippen LogP contribution in [0.25, 0.3) is 0 Å². The lowest BCUT2D eigenvalue weighted by Gasteiger charge is -2.22. The highest BCUT2D eigenvalue weighted by atomic mass is 31.3. The van der Waals surface area contributed by atoms with Crippen molar-refractivity contribution in [2.24, 2.45) is 0 Å². The SMILES string of the molecule is CCN(CC)COP(=O)(O)OP(=O)(O)OCC1OC(n2ccc(=O)n(Cc3ccccn3)c2=O)[C@@H](O)C1O. The van der Waals surface area contributed by atoms with Gasteiger partial charge in [-0.3, -0.25) is 32.9 Å². The number of phosphoric ester groups is 2. The second-order valence-corrected chi connectivity index (χ2v) is 11.2. The van der Waals surface area contributed by atoms with Gasteiger partial charge in [0.25, 0.3) is 5.56 Å². The third-order valence-electron chi connectivity index (χ3n) is 5.66. The lowest BCUT2D eigenvalue weighted by molar-refractivity contribution is -0.0549. The molecule has 2 aromatic rings. The Morgan fingerprint density at radius 2 is 1.74 bits per heavy atom. The molecule has 0 aromatic carbocycles. The monoisotopic (exact) mass is 580 g/mol. The van der Waals surface area contributed by atoms with Crippen LogP contribution in [0.3, 0.4) is 0 Å². The number of aliphatic hydroxyl groups excluding tert-OH is 2. The van der Waals surface area contributed by atoms with Gasteiger partial charge in [0, 0.05) is 18.5 Å². The number of aromatic nitrogens is 3. The van der Waals surface area contributed by atoms with Gasteiger partial charge in [-0.1, -0.05) is 19.9 Å². The first-order valence-electron chi connectivity index (χ1n) is 11.5. The number of phosphoric acid groups is 2. The molecule has 4 N–H and O–H groups in total. The van der Waals surface area contributed by atoms with Gasteiger partial charge in [-0.25, -0.2) is 13.9 Å². The number of aliphatic hydroxyl groups is 2. The van der Waals surface area contributed by atoms with Gasteiger partial charge in [-0.2, -0.15) is 4.31 Å². The van der Waals surface area contributed by atoms with Crippen molar-refractivity contribution in [2.45, 2.75) is 44.9 Å². The Morgan fingerprint density at radius 1 is 1.05 bits per heavy atom. The normalized spacial score (nSPS) is 24.8. The van der Waals surface area contributed by atoms with Crippen molar-refractivity contribution >= 4 is 15.6 Å². The molecule has 18 heteroatoms. The van der Waals surface area contributed by atoms with E-state index in [0.29, 0.717) is 18.8 Å². The summed E-state index contributed by atoms with van der Waals surface area (Å²) in [5.41, 5.74) is -1.09. The Labute approximate surface area is 216 Å². The third kappa shape index (κ3) is 7.74. The largest absolute Gasteiger partial charge is 0.482 e. The minimum absolute atomic E-state index is 0.167. The van der Waals surface area contributed by atoms with Crippen molar-refractivity contribution in [1.82, 2.24) is 19.0 Å². The fourth-order valence-corrected chi connectivity index (χ4v) is 5.59. The highest BCUT2D eigenvalue weighted by Crippen LogP contribution is 2.60. The van der Waals surface area contributed by atoms with Crippen molar-refractivity contribution in [3.63, 3.8) is 0 Å². The Kier molecular flexibility index (Phi) is 10.3. The molecule has 1 aliphatic heterocycles. The van der Waals surface area contributed by atoms with Crippen molar-refractivity contribution in [1.29, 1.82) is 0 Å². The Bertz CT molecular complexity index is 1280. The lowest BCUT2D eigenvalue weighted by Crippen LogP contribution is -2.43. The molecule has 6 atom stereocenters. The van der Waals surface area contributed by atoms with E-state index in [2.05, 4.69) is 18.3 Å². The number of hydrogen-bond acceptors (Lipinski definition) is 12. The summed E-state index contributed by atoms with van der Waals surface area (Å²) >= 11 is 0. The van der Waals surface area contributed by atoms with Crippen LogP contribution in [-0.4, -0.2) is 83.8 Å². The zero-order valence-corrected chi connectivity index (χ0v) is 22.3. The average molecular weight is 580 g/mol. The summed E-state index contributed by atoms with van der Waals surface area (Å²) in [5, 5.41) is 20.9. The second-order valence-electron chi connectivity index (χ2n) is 8.17. The van der Waals surface area contributed by atoms with E-state index in [0.717, 1.165) is 21.4 Å². The minimum atomic E-state index is -5.19. The number of nitrogens with zero attached hydrogens (tertiary/aromatic N) is 4. The summed E-state index contributed by atoms with van der Waals surface area (Å²) in [5.74, 6) is 0. The molecule has 0 aliphatic carbocycles. The predicted molar refractivity (Wildman–Crippen MR) is 130 cm³/mol. The average Bonchev–Trinajstić information content (AvgIpc) is 3.14. The smallest absolute Gasteiger partial charge is 0.387 e. The maximum atomic E-state index is 13.0. The van der Waals surface area contributed by atoms with Crippen LogP contribution in [0.15, 0.2) is 46.2 Å². The van der Waals surface area contributed by atoms with E-state index in [-0.39, 0.29) is 13.3 Å². The van der Waals surface area contributed by atoms with E-state index >= 15 is 0 Å². The predicted octanol–water partition coefficient (Wildman–Crippen LogP) is -0.378. The van der Waals surface area contributed by atoms with E-state index in [1.807, 2.05) is 0 Å². The first-order chi connectivity index (χ1) is 17.9. The van der Waals surface area contributed by atoms with Gasteiger partial charge >= 0.3 is 21.3 Å². The third-order valence-corrected chi connectivity index (χ3v) is 8.23. The van der Waals surface area contributed by atoms with Gasteiger partial charge in [0.1, 0.15) is 25.0 Å². The van der Waals surface area contributed by atoms with Gasteiger partial charge in [0.15, 0.2) is 6.23 Å². The molecular weight excluding hydrogens is 550 g/mol. The number of hydrogen-bond donors (Lipinski definition) is 4. The zero-order chi connectivity index (χ0) is 28.1. The number of pyridine rings is 1. The van der Waals surface area contributed by atoms with Gasteiger partial charge in [0.05, 0.1) is 18.8 Å². The van der Waals surface area contributed by atoms with E-state index in [9.17, 15) is 38.7 Å². The molecule has 2 aromatic heterocycles. The summed E-state index contributed by atoms with van der Waals surface area (Å²) in [6, 6.07) is 6.01. The molecule has 38 heavy (non-hydrogen) atoms. The van der Waals surface area contributed by atoms with Crippen LogP contribution >= 0.6 is 15.6 Å². The fourth-order valence-electron chi connectivity index (χ4n) is 3.53. The Morgan fingerprint density at radius 3 is 2.37 bits per heavy atom. The van der Waals surface area contributed by atoms with Gasteiger partial charge in [0.2, 0.25) is 0 Å². The molecule has 0 spiro atoms. The molecule has 1 fully saturated rings. The van der Waals surface area contributed by atoms with E-state index in [1.165, 1.54) is 6.20 Å². The number of ether oxygens (including phenoxy) is 1. The highest BCUT2D eigenvalue weighted by molar-refractivity contribution is 7.61. The molecule has 3 heterocycles. The summed E-state index contributed by atoms with van der Waals surface area (Å²) in [6.45, 7) is 3.11. The van der Waals surface area contributed by atoms with E-state index in [1.54, 1.807) is 36.9 Å². The number of rotatable bonds is 13. The summed E-state index contributed by atoms with van der Waals surface area (Å²) < 4.78 is 45.0. The molecule has 1 aliphatic rings. The molecule has 0 radical (unpaired) electrons. The van der Waals surface area contributed by atoms with Gasteiger partial charge in [-0.15, -0.1) is 0 Å². The second kappa shape index (κ2) is 12.9. The topological polar surface area (TPSA) is 212 Å². The molecule has 212 valence electrons. The van der Waals surface area contributed by atoms with Crippen LogP contribution in [-0.2, 0) is 33.8 Å². The van der Waals surface area contributed by atoms with Crippen LogP contribution in [0.1, 0.15) is 25.8 Å². The van der Waals surface area contributed by atoms with Crippen molar-refractivity contribution < 1.29 is 47.2 Å². The van der Waals surface area contributed by atoms with E-state index < -0.39 is 58.0 Å².